The summed E-state index contributed by atoms with van der Waals surface area (Å²) in [4.78, 5) is 16.2. The van der Waals surface area contributed by atoms with Crippen molar-refractivity contribution in [2.45, 2.75) is 83.2 Å². The van der Waals surface area contributed by atoms with Gasteiger partial charge < -0.3 is 15.5 Å². The number of nitrogens with one attached hydrogen (secondary N) is 3. The Morgan fingerprint density at radius 1 is 1.06 bits per heavy atom. The molecule has 3 N–H and O–H groups in total. The van der Waals surface area contributed by atoms with Crippen molar-refractivity contribution in [2.24, 2.45) is 0 Å². The predicted molar refractivity (Wildman–Crippen MR) is 138 cm³/mol. The lowest BCUT2D eigenvalue weighted by Crippen LogP contribution is -2.41. The molecule has 0 bridgehead atoms. The van der Waals surface area contributed by atoms with E-state index < -0.39 is 10.0 Å². The number of aryl methyl sites for hydroxylation is 1. The van der Waals surface area contributed by atoms with Crippen LogP contribution in [0.25, 0.3) is 0 Å². The zero-order valence-electron chi connectivity index (χ0n) is 20.8. The smallest absolute Gasteiger partial charge is 0.240 e. The summed E-state index contributed by atoms with van der Waals surface area (Å²) in [6.07, 6.45) is 5.91. The molecule has 1 aliphatic heterocycles. The van der Waals surface area contributed by atoms with Crippen molar-refractivity contribution < 1.29 is 8.42 Å². The second kappa shape index (κ2) is 12.3. The first-order valence-electron chi connectivity index (χ1n) is 12.4. The summed E-state index contributed by atoms with van der Waals surface area (Å²) in [6, 6.07) is 7.31. The predicted octanol–water partition coefficient (Wildman–Crippen LogP) is 3.80. The van der Waals surface area contributed by atoms with Crippen molar-refractivity contribution in [3.05, 3.63) is 29.8 Å². The van der Waals surface area contributed by atoms with Gasteiger partial charge in [0.1, 0.15) is 0 Å². The van der Waals surface area contributed by atoms with Gasteiger partial charge in [0.25, 0.3) is 0 Å². The van der Waals surface area contributed by atoms with Crippen LogP contribution in [0, 0.1) is 0 Å². The molecule has 0 unspecified atom stereocenters. The van der Waals surface area contributed by atoms with E-state index in [0.717, 1.165) is 57.2 Å². The molecule has 1 atom stereocenters. The molecule has 0 saturated carbocycles. The van der Waals surface area contributed by atoms with Gasteiger partial charge in [-0.1, -0.05) is 38.8 Å². The van der Waals surface area contributed by atoms with E-state index in [-0.39, 0.29) is 12.1 Å². The third-order valence-electron chi connectivity index (χ3n) is 5.77. The average molecular weight is 490 g/mol. The van der Waals surface area contributed by atoms with Crippen LogP contribution in [0.3, 0.4) is 0 Å². The molecule has 3 rings (SSSR count). The van der Waals surface area contributed by atoms with Crippen molar-refractivity contribution in [1.29, 1.82) is 0 Å². The Balaban J connectivity index is 1.72. The molecule has 9 nitrogen and oxygen atoms in total. The van der Waals surface area contributed by atoms with Gasteiger partial charge in [-0.15, -0.1) is 0 Å². The zero-order valence-corrected chi connectivity index (χ0v) is 21.7. The van der Waals surface area contributed by atoms with Crippen molar-refractivity contribution in [2.75, 3.05) is 35.2 Å². The van der Waals surface area contributed by atoms with Crippen molar-refractivity contribution in [1.82, 2.24) is 19.7 Å². The van der Waals surface area contributed by atoms with Crippen LogP contribution in [0.15, 0.2) is 29.2 Å². The van der Waals surface area contributed by atoms with E-state index in [1.165, 1.54) is 0 Å². The molecule has 0 aliphatic carbocycles. The van der Waals surface area contributed by atoms with Crippen LogP contribution in [0.2, 0.25) is 0 Å². The molecule has 1 saturated heterocycles. The number of nitrogens with zero attached hydrogens (tertiary/aromatic N) is 4. The molecule has 0 spiro atoms. The number of rotatable bonds is 13. The maximum absolute atomic E-state index is 12.9. The maximum Gasteiger partial charge on any atom is 0.240 e. The number of benzene rings is 1. The highest BCUT2D eigenvalue weighted by Gasteiger charge is 2.29. The molecule has 10 heteroatoms. The van der Waals surface area contributed by atoms with Crippen LogP contribution in [0.5, 0.6) is 0 Å². The van der Waals surface area contributed by atoms with E-state index in [2.05, 4.69) is 49.1 Å². The molecular formula is C24H39N7O2S. The Bertz CT molecular complexity index is 1010. The summed E-state index contributed by atoms with van der Waals surface area (Å²) in [5, 5.41) is 6.55. The van der Waals surface area contributed by atoms with E-state index in [1.54, 1.807) is 12.1 Å². The summed E-state index contributed by atoms with van der Waals surface area (Å²) in [5.41, 5.74) is 1.15. The molecule has 0 amide bonds. The molecular weight excluding hydrogens is 450 g/mol. The fourth-order valence-electron chi connectivity index (χ4n) is 4.00. The average Bonchev–Trinajstić information content (AvgIpc) is 3.27. The minimum atomic E-state index is -3.59. The first kappa shape index (κ1) is 26.2. The quantitative estimate of drug-likeness (QED) is 0.364. The third kappa shape index (κ3) is 7.27. The van der Waals surface area contributed by atoms with E-state index in [9.17, 15) is 8.42 Å². The maximum atomic E-state index is 12.9. The SMILES string of the molecule is CCCCNc1nc(NC(C)C)nc(N2CCC[C@@H]2CNS(=O)(=O)c2ccc(CCC)cc2)n1. The summed E-state index contributed by atoms with van der Waals surface area (Å²) >= 11 is 0. The normalized spacial score (nSPS) is 16.3. The highest BCUT2D eigenvalue weighted by molar-refractivity contribution is 7.89. The Hall–Kier alpha value is -2.46. The summed E-state index contributed by atoms with van der Waals surface area (Å²) < 4.78 is 28.6. The highest BCUT2D eigenvalue weighted by Crippen LogP contribution is 2.24. The Morgan fingerprint density at radius 2 is 1.79 bits per heavy atom. The molecule has 1 fully saturated rings. The lowest BCUT2D eigenvalue weighted by molar-refractivity contribution is 0.565. The number of aromatic nitrogens is 3. The van der Waals surface area contributed by atoms with E-state index in [4.69, 9.17) is 0 Å². The van der Waals surface area contributed by atoms with Crippen LogP contribution in [0.4, 0.5) is 17.8 Å². The van der Waals surface area contributed by atoms with Crippen LogP contribution < -0.4 is 20.3 Å². The standard InChI is InChI=1S/C24H39N7O2S/c1-5-7-15-25-22-28-23(27-18(3)4)30-24(29-22)31-16-8-10-20(31)17-26-34(32,33)21-13-11-19(9-6-2)12-14-21/h11-14,18,20,26H,5-10,15-17H2,1-4H3,(H2,25,27,28,29,30)/t20-/m1/s1. The summed E-state index contributed by atoms with van der Waals surface area (Å²) in [6.45, 7) is 10.2. The largest absolute Gasteiger partial charge is 0.354 e. The van der Waals surface area contributed by atoms with Crippen molar-refractivity contribution in [3.8, 4) is 0 Å². The molecule has 2 aromatic rings. The number of unbranched alkanes of at least 4 members (excludes halogenated alkanes) is 1. The highest BCUT2D eigenvalue weighted by atomic mass is 32.2. The van der Waals surface area contributed by atoms with Gasteiger partial charge in [0.15, 0.2) is 0 Å². The summed E-state index contributed by atoms with van der Waals surface area (Å²) in [7, 11) is -3.59. The minimum Gasteiger partial charge on any atom is -0.354 e. The Kier molecular flexibility index (Phi) is 9.46. The van der Waals surface area contributed by atoms with Gasteiger partial charge in [-0.2, -0.15) is 15.0 Å². The van der Waals surface area contributed by atoms with Crippen molar-refractivity contribution >= 4 is 27.9 Å². The molecule has 2 heterocycles. The van der Waals surface area contributed by atoms with Gasteiger partial charge in [-0.3, -0.25) is 0 Å². The number of hydrogen-bond donors (Lipinski definition) is 3. The summed E-state index contributed by atoms with van der Waals surface area (Å²) in [5.74, 6) is 1.64. The molecule has 0 radical (unpaired) electrons. The van der Waals surface area contributed by atoms with Crippen LogP contribution in [0.1, 0.15) is 65.4 Å². The minimum absolute atomic E-state index is 0.0214. The Morgan fingerprint density at radius 3 is 2.47 bits per heavy atom. The lowest BCUT2D eigenvalue weighted by Gasteiger charge is -2.25. The molecule has 1 aliphatic rings. The molecule has 1 aromatic heterocycles. The second-order valence-electron chi connectivity index (χ2n) is 9.10. The van der Waals surface area contributed by atoms with Gasteiger partial charge in [0.05, 0.1) is 4.90 Å². The third-order valence-corrected chi connectivity index (χ3v) is 7.21. The zero-order chi connectivity index (χ0) is 24.6. The van der Waals surface area contributed by atoms with Gasteiger partial charge in [0.2, 0.25) is 27.9 Å². The van der Waals surface area contributed by atoms with E-state index in [1.807, 2.05) is 26.0 Å². The number of anilines is 3. The number of hydrogen-bond acceptors (Lipinski definition) is 8. The molecule has 188 valence electrons. The number of sulfonamides is 1. The fourth-order valence-corrected chi connectivity index (χ4v) is 5.07. The first-order valence-corrected chi connectivity index (χ1v) is 13.9. The molecule has 34 heavy (non-hydrogen) atoms. The van der Waals surface area contributed by atoms with Gasteiger partial charge in [-0.05, 0) is 57.2 Å². The van der Waals surface area contributed by atoms with Crippen LogP contribution in [-0.4, -0.2) is 55.1 Å². The van der Waals surface area contributed by atoms with Crippen LogP contribution >= 0.6 is 0 Å². The molecule has 1 aromatic carbocycles. The van der Waals surface area contributed by atoms with Gasteiger partial charge in [-0.25, -0.2) is 13.1 Å². The van der Waals surface area contributed by atoms with Gasteiger partial charge >= 0.3 is 0 Å². The first-order chi connectivity index (χ1) is 16.3. The fraction of sp³-hybridized carbons (Fsp3) is 0.625. The lowest BCUT2D eigenvalue weighted by atomic mass is 10.1. The van der Waals surface area contributed by atoms with Crippen LogP contribution in [-0.2, 0) is 16.4 Å². The van der Waals surface area contributed by atoms with E-state index in [0.29, 0.717) is 29.3 Å². The monoisotopic (exact) mass is 489 g/mol. The van der Waals surface area contributed by atoms with Crippen molar-refractivity contribution in [3.63, 3.8) is 0 Å². The van der Waals surface area contributed by atoms with E-state index >= 15 is 0 Å². The Labute approximate surface area is 204 Å². The second-order valence-corrected chi connectivity index (χ2v) is 10.9. The topological polar surface area (TPSA) is 112 Å². The van der Waals surface area contributed by atoms with Gasteiger partial charge in [0, 0.05) is 31.7 Å².